The summed E-state index contributed by atoms with van der Waals surface area (Å²) in [6.45, 7) is 1.66. The molecule has 0 fully saturated rings. The Morgan fingerprint density at radius 3 is 2.41 bits per heavy atom. The standard InChI is InChI=1S/C24H32N2O5S/c1-5-21(19-11-10-17-8-6-7-9-18(17)14-19)25-24(27)16-26(32(4,28)29)22-13-12-20(30-2)15-23(22)31-3/h10-15,21H,5-9,16H2,1-4H3,(H,25,27). The molecule has 2 aromatic carbocycles. The molecule has 7 nitrogen and oxygen atoms in total. The average molecular weight is 461 g/mol. The van der Waals surface area contributed by atoms with Crippen LogP contribution >= 0.6 is 0 Å². The van der Waals surface area contributed by atoms with Crippen LogP contribution < -0.4 is 19.1 Å². The van der Waals surface area contributed by atoms with Crippen molar-refractivity contribution < 1.29 is 22.7 Å². The number of benzene rings is 2. The fourth-order valence-electron chi connectivity index (χ4n) is 4.13. The van der Waals surface area contributed by atoms with Crippen molar-refractivity contribution in [2.24, 2.45) is 0 Å². The van der Waals surface area contributed by atoms with Crippen molar-refractivity contribution in [3.05, 3.63) is 53.1 Å². The summed E-state index contributed by atoms with van der Waals surface area (Å²) in [5, 5.41) is 3.01. The first-order valence-electron chi connectivity index (χ1n) is 10.9. The van der Waals surface area contributed by atoms with Gasteiger partial charge in [0.05, 0.1) is 32.2 Å². The van der Waals surface area contributed by atoms with Gasteiger partial charge in [-0.3, -0.25) is 9.10 Å². The number of methoxy groups -OCH3 is 2. The van der Waals surface area contributed by atoms with Crippen LogP contribution in [0.4, 0.5) is 5.69 Å². The molecule has 0 spiro atoms. The highest BCUT2D eigenvalue weighted by atomic mass is 32.2. The van der Waals surface area contributed by atoms with Crippen molar-refractivity contribution in [1.29, 1.82) is 0 Å². The predicted molar refractivity (Wildman–Crippen MR) is 126 cm³/mol. The predicted octanol–water partition coefficient (Wildman–Crippen LogP) is 3.62. The number of rotatable bonds is 9. The van der Waals surface area contributed by atoms with Gasteiger partial charge in [0.2, 0.25) is 15.9 Å². The lowest BCUT2D eigenvalue weighted by Gasteiger charge is -2.26. The Hall–Kier alpha value is -2.74. The fraction of sp³-hybridized carbons (Fsp3) is 0.458. The first kappa shape index (κ1) is 23.9. The second-order valence-electron chi connectivity index (χ2n) is 8.07. The van der Waals surface area contributed by atoms with Gasteiger partial charge in [0.1, 0.15) is 18.0 Å². The van der Waals surface area contributed by atoms with Crippen molar-refractivity contribution in [2.75, 3.05) is 31.3 Å². The zero-order chi connectivity index (χ0) is 23.3. The van der Waals surface area contributed by atoms with E-state index in [1.807, 2.05) is 6.92 Å². The van der Waals surface area contributed by atoms with E-state index in [4.69, 9.17) is 9.47 Å². The number of aryl methyl sites for hydroxylation is 2. The Balaban J connectivity index is 1.81. The molecule has 0 aliphatic heterocycles. The Kier molecular flexibility index (Phi) is 7.66. The highest BCUT2D eigenvalue weighted by Gasteiger charge is 2.26. The van der Waals surface area contributed by atoms with E-state index in [9.17, 15) is 13.2 Å². The van der Waals surface area contributed by atoms with E-state index in [1.165, 1.54) is 38.2 Å². The Morgan fingerprint density at radius 2 is 1.78 bits per heavy atom. The Morgan fingerprint density at radius 1 is 1.06 bits per heavy atom. The van der Waals surface area contributed by atoms with Crippen LogP contribution in [0.5, 0.6) is 11.5 Å². The number of ether oxygens (including phenoxy) is 2. The van der Waals surface area contributed by atoms with Gasteiger partial charge in [0.25, 0.3) is 0 Å². The van der Waals surface area contributed by atoms with Gasteiger partial charge >= 0.3 is 0 Å². The number of nitrogens with zero attached hydrogens (tertiary/aromatic N) is 1. The maximum Gasteiger partial charge on any atom is 0.241 e. The summed E-state index contributed by atoms with van der Waals surface area (Å²) in [5.74, 6) is 0.462. The number of hydrogen-bond donors (Lipinski definition) is 1. The highest BCUT2D eigenvalue weighted by molar-refractivity contribution is 7.92. The third-order valence-corrected chi connectivity index (χ3v) is 6.99. The van der Waals surface area contributed by atoms with Crippen molar-refractivity contribution in [3.8, 4) is 11.5 Å². The Bertz CT molecular complexity index is 1070. The molecule has 1 amide bonds. The van der Waals surface area contributed by atoms with E-state index in [1.54, 1.807) is 18.2 Å². The normalized spacial score (nSPS) is 14.2. The van der Waals surface area contributed by atoms with Crippen molar-refractivity contribution in [1.82, 2.24) is 5.32 Å². The van der Waals surface area contributed by atoms with Gasteiger partial charge in [-0.2, -0.15) is 0 Å². The summed E-state index contributed by atoms with van der Waals surface area (Å²) in [7, 11) is -0.771. The number of carbonyl (C=O) groups excluding carboxylic acids is 1. The Labute approximate surface area is 190 Å². The third kappa shape index (κ3) is 5.54. The topological polar surface area (TPSA) is 84.9 Å². The van der Waals surface area contributed by atoms with Gasteiger partial charge in [0.15, 0.2) is 0 Å². The second-order valence-corrected chi connectivity index (χ2v) is 9.98. The lowest BCUT2D eigenvalue weighted by molar-refractivity contribution is -0.120. The van der Waals surface area contributed by atoms with Gasteiger partial charge in [0, 0.05) is 6.07 Å². The van der Waals surface area contributed by atoms with Gasteiger partial charge < -0.3 is 14.8 Å². The summed E-state index contributed by atoms with van der Waals surface area (Å²) in [4.78, 5) is 12.9. The van der Waals surface area contributed by atoms with E-state index in [0.29, 0.717) is 17.9 Å². The monoisotopic (exact) mass is 460 g/mol. The van der Waals surface area contributed by atoms with Crippen LogP contribution in [0.15, 0.2) is 36.4 Å². The minimum atomic E-state index is -3.73. The molecule has 174 valence electrons. The van der Waals surface area contributed by atoms with E-state index in [0.717, 1.165) is 29.0 Å². The molecule has 1 N–H and O–H groups in total. The SMILES string of the molecule is CCC(NC(=O)CN(c1ccc(OC)cc1OC)S(C)(=O)=O)c1ccc2c(c1)CCCC2. The first-order chi connectivity index (χ1) is 15.3. The quantitative estimate of drug-likeness (QED) is 0.618. The molecular formula is C24H32N2O5S. The van der Waals surface area contributed by atoms with Crippen molar-refractivity contribution in [3.63, 3.8) is 0 Å². The third-order valence-electron chi connectivity index (χ3n) is 5.86. The summed E-state index contributed by atoms with van der Waals surface area (Å²) >= 11 is 0. The molecule has 0 heterocycles. The molecule has 0 radical (unpaired) electrons. The lowest BCUT2D eigenvalue weighted by atomic mass is 9.89. The maximum atomic E-state index is 12.9. The number of amides is 1. The molecule has 0 aromatic heterocycles. The van der Waals surface area contributed by atoms with Crippen LogP contribution in [0.1, 0.15) is 48.9 Å². The molecule has 8 heteroatoms. The maximum absolute atomic E-state index is 12.9. The van der Waals surface area contributed by atoms with Crippen LogP contribution in [0.3, 0.4) is 0 Å². The fourth-order valence-corrected chi connectivity index (χ4v) is 4.99. The lowest BCUT2D eigenvalue weighted by Crippen LogP contribution is -2.41. The van der Waals surface area contributed by atoms with Crippen LogP contribution in [-0.4, -0.2) is 41.3 Å². The molecule has 0 saturated carbocycles. The molecule has 2 aromatic rings. The zero-order valence-corrected chi connectivity index (χ0v) is 20.0. The summed E-state index contributed by atoms with van der Waals surface area (Å²) in [5.41, 5.74) is 4.07. The molecular weight excluding hydrogens is 428 g/mol. The molecule has 0 saturated heterocycles. The molecule has 32 heavy (non-hydrogen) atoms. The highest BCUT2D eigenvalue weighted by Crippen LogP contribution is 2.33. The molecule has 1 aliphatic rings. The van der Waals surface area contributed by atoms with E-state index in [2.05, 4.69) is 23.5 Å². The average Bonchev–Trinajstić information content (AvgIpc) is 2.79. The largest absolute Gasteiger partial charge is 0.497 e. The van der Waals surface area contributed by atoms with Crippen LogP contribution in [0.25, 0.3) is 0 Å². The van der Waals surface area contributed by atoms with Gasteiger partial charge in [-0.05, 0) is 60.9 Å². The number of anilines is 1. The van der Waals surface area contributed by atoms with Crippen LogP contribution in [0.2, 0.25) is 0 Å². The number of nitrogens with one attached hydrogen (secondary N) is 1. The van der Waals surface area contributed by atoms with Crippen LogP contribution in [-0.2, 0) is 27.7 Å². The summed E-state index contributed by atoms with van der Waals surface area (Å²) in [6, 6.07) is 11.0. The zero-order valence-electron chi connectivity index (χ0n) is 19.2. The molecule has 1 atom stereocenters. The number of sulfonamides is 1. The minimum Gasteiger partial charge on any atom is -0.497 e. The van der Waals surface area contributed by atoms with Gasteiger partial charge in [-0.15, -0.1) is 0 Å². The molecule has 1 aliphatic carbocycles. The van der Waals surface area contributed by atoms with E-state index in [-0.39, 0.29) is 24.2 Å². The number of carbonyl (C=O) groups is 1. The smallest absolute Gasteiger partial charge is 0.241 e. The van der Waals surface area contributed by atoms with E-state index >= 15 is 0 Å². The first-order valence-corrected chi connectivity index (χ1v) is 12.7. The van der Waals surface area contributed by atoms with Crippen molar-refractivity contribution in [2.45, 2.75) is 45.1 Å². The molecule has 0 bridgehead atoms. The van der Waals surface area contributed by atoms with Crippen LogP contribution in [0, 0.1) is 0 Å². The van der Waals surface area contributed by atoms with Crippen molar-refractivity contribution >= 4 is 21.6 Å². The molecule has 3 rings (SSSR count). The number of fused-ring (bicyclic) bond motifs is 1. The number of hydrogen-bond acceptors (Lipinski definition) is 5. The minimum absolute atomic E-state index is 0.186. The van der Waals surface area contributed by atoms with E-state index < -0.39 is 10.0 Å². The molecule has 1 unspecified atom stereocenters. The van der Waals surface area contributed by atoms with Gasteiger partial charge in [-0.1, -0.05) is 25.1 Å². The van der Waals surface area contributed by atoms with Gasteiger partial charge in [-0.25, -0.2) is 8.42 Å². The second kappa shape index (κ2) is 10.3. The summed E-state index contributed by atoms with van der Waals surface area (Å²) < 4.78 is 36.7. The summed E-state index contributed by atoms with van der Waals surface area (Å²) in [6.07, 6.45) is 6.35.